The summed E-state index contributed by atoms with van der Waals surface area (Å²) in [6, 6.07) is 0. The van der Waals surface area contributed by atoms with E-state index in [-0.39, 0.29) is 31.5 Å². The summed E-state index contributed by atoms with van der Waals surface area (Å²) in [6.45, 7) is 0.312. The SMILES string of the molecule is O=C(O)CCCCC(=O)O.OCC1(CO)CCCCC1. The van der Waals surface area contributed by atoms with E-state index < -0.39 is 11.9 Å². The second-order valence-electron chi connectivity index (χ2n) is 5.37. The van der Waals surface area contributed by atoms with Gasteiger partial charge in [0.1, 0.15) is 0 Å². The molecule has 6 nitrogen and oxygen atoms in total. The molecule has 118 valence electrons. The van der Waals surface area contributed by atoms with Gasteiger partial charge in [-0.15, -0.1) is 0 Å². The summed E-state index contributed by atoms with van der Waals surface area (Å²) in [5.74, 6) is -1.74. The van der Waals surface area contributed by atoms with Gasteiger partial charge in [0.25, 0.3) is 0 Å². The summed E-state index contributed by atoms with van der Waals surface area (Å²) in [5, 5.41) is 34.2. The molecular weight excluding hydrogens is 264 g/mol. The maximum atomic E-state index is 9.90. The highest BCUT2D eigenvalue weighted by atomic mass is 16.4. The molecule has 1 fully saturated rings. The maximum Gasteiger partial charge on any atom is 0.303 e. The van der Waals surface area contributed by atoms with Gasteiger partial charge in [0, 0.05) is 18.3 Å². The number of aliphatic hydroxyl groups excluding tert-OH is 2. The normalized spacial score (nSPS) is 16.9. The maximum absolute atomic E-state index is 9.90. The highest BCUT2D eigenvalue weighted by Gasteiger charge is 2.30. The summed E-state index contributed by atoms with van der Waals surface area (Å²) >= 11 is 0. The van der Waals surface area contributed by atoms with Gasteiger partial charge in [0.15, 0.2) is 0 Å². The van der Waals surface area contributed by atoms with E-state index in [4.69, 9.17) is 20.4 Å². The molecule has 1 aliphatic carbocycles. The topological polar surface area (TPSA) is 115 Å². The van der Waals surface area contributed by atoms with E-state index >= 15 is 0 Å². The summed E-state index contributed by atoms with van der Waals surface area (Å²) in [4.78, 5) is 19.8. The predicted molar refractivity (Wildman–Crippen MR) is 73.4 cm³/mol. The van der Waals surface area contributed by atoms with Crippen LogP contribution in [0.1, 0.15) is 57.8 Å². The molecule has 1 rings (SSSR count). The minimum atomic E-state index is -0.870. The Bertz CT molecular complexity index is 261. The molecule has 0 saturated heterocycles. The Morgan fingerprint density at radius 2 is 1.20 bits per heavy atom. The lowest BCUT2D eigenvalue weighted by atomic mass is 9.75. The number of rotatable bonds is 7. The Morgan fingerprint density at radius 1 is 0.800 bits per heavy atom. The molecule has 0 aliphatic heterocycles. The average Bonchev–Trinajstić information content (AvgIpc) is 2.45. The summed E-state index contributed by atoms with van der Waals surface area (Å²) < 4.78 is 0. The highest BCUT2D eigenvalue weighted by Crippen LogP contribution is 2.34. The van der Waals surface area contributed by atoms with Crippen LogP contribution in [0.5, 0.6) is 0 Å². The van der Waals surface area contributed by atoms with Gasteiger partial charge in [-0.3, -0.25) is 9.59 Å². The van der Waals surface area contributed by atoms with Crippen molar-refractivity contribution in [1.82, 2.24) is 0 Å². The minimum absolute atomic E-state index is 0.0628. The zero-order chi connectivity index (χ0) is 15.4. The van der Waals surface area contributed by atoms with Crippen molar-refractivity contribution in [2.24, 2.45) is 5.41 Å². The van der Waals surface area contributed by atoms with Gasteiger partial charge in [0.2, 0.25) is 0 Å². The van der Waals surface area contributed by atoms with Gasteiger partial charge in [-0.1, -0.05) is 19.3 Å². The van der Waals surface area contributed by atoms with E-state index in [0.717, 1.165) is 12.8 Å². The molecule has 1 aliphatic rings. The Kier molecular flexibility index (Phi) is 10.0. The van der Waals surface area contributed by atoms with Crippen molar-refractivity contribution in [2.45, 2.75) is 57.8 Å². The van der Waals surface area contributed by atoms with Crippen molar-refractivity contribution in [3.8, 4) is 0 Å². The summed E-state index contributed by atoms with van der Waals surface area (Å²) in [5.41, 5.74) is -0.127. The van der Waals surface area contributed by atoms with Gasteiger partial charge in [0.05, 0.1) is 13.2 Å². The molecule has 0 atom stereocenters. The number of hydrogen-bond donors (Lipinski definition) is 4. The fourth-order valence-corrected chi connectivity index (χ4v) is 2.22. The van der Waals surface area contributed by atoms with Crippen LogP contribution >= 0.6 is 0 Å². The molecule has 0 aromatic heterocycles. The molecule has 0 aromatic carbocycles. The van der Waals surface area contributed by atoms with E-state index in [9.17, 15) is 9.59 Å². The number of aliphatic hydroxyl groups is 2. The lowest BCUT2D eigenvalue weighted by Crippen LogP contribution is -2.31. The standard InChI is InChI=1S/C8H16O2.C6H10O4/c9-6-8(7-10)4-2-1-3-5-8;7-5(8)3-1-2-4-6(9)10/h9-10H,1-7H2;1-4H2,(H,7,8)(H,9,10). The van der Waals surface area contributed by atoms with Crippen LogP contribution in [0.4, 0.5) is 0 Å². The van der Waals surface area contributed by atoms with Crippen LogP contribution in [0.25, 0.3) is 0 Å². The van der Waals surface area contributed by atoms with Crippen molar-refractivity contribution in [2.75, 3.05) is 13.2 Å². The molecule has 0 spiro atoms. The second kappa shape index (κ2) is 10.6. The summed E-state index contributed by atoms with van der Waals surface area (Å²) in [6.07, 6.45) is 6.62. The van der Waals surface area contributed by atoms with Gasteiger partial charge in [-0.2, -0.15) is 0 Å². The quantitative estimate of drug-likeness (QED) is 0.530. The van der Waals surface area contributed by atoms with Crippen LogP contribution in [-0.4, -0.2) is 45.6 Å². The molecule has 0 aromatic rings. The first kappa shape index (κ1) is 18.9. The first-order valence-electron chi connectivity index (χ1n) is 7.11. The zero-order valence-corrected chi connectivity index (χ0v) is 11.9. The number of hydrogen-bond acceptors (Lipinski definition) is 4. The molecule has 4 N–H and O–H groups in total. The fraction of sp³-hybridized carbons (Fsp3) is 0.857. The third kappa shape index (κ3) is 8.87. The van der Waals surface area contributed by atoms with Gasteiger partial charge >= 0.3 is 11.9 Å². The Labute approximate surface area is 119 Å². The van der Waals surface area contributed by atoms with E-state index in [2.05, 4.69) is 0 Å². The number of aliphatic carboxylic acids is 2. The van der Waals surface area contributed by atoms with Gasteiger partial charge in [-0.05, 0) is 25.7 Å². The predicted octanol–water partition coefficient (Wildman–Crippen LogP) is 1.64. The first-order chi connectivity index (χ1) is 9.45. The van der Waals surface area contributed by atoms with Crippen LogP contribution in [0.2, 0.25) is 0 Å². The fourth-order valence-electron chi connectivity index (χ4n) is 2.22. The molecule has 6 heteroatoms. The van der Waals surface area contributed by atoms with Crippen molar-refractivity contribution in [3.05, 3.63) is 0 Å². The average molecular weight is 290 g/mol. The van der Waals surface area contributed by atoms with E-state index in [1.807, 2.05) is 0 Å². The van der Waals surface area contributed by atoms with Gasteiger partial charge in [-0.25, -0.2) is 0 Å². The van der Waals surface area contributed by atoms with Crippen LogP contribution in [-0.2, 0) is 9.59 Å². The Balaban J connectivity index is 0.000000361. The molecular formula is C14H26O6. The number of carbonyl (C=O) groups is 2. The lowest BCUT2D eigenvalue weighted by Gasteiger charge is -2.33. The molecule has 0 unspecified atom stereocenters. The molecule has 0 heterocycles. The van der Waals surface area contributed by atoms with E-state index in [1.165, 1.54) is 19.3 Å². The second-order valence-corrected chi connectivity index (χ2v) is 5.37. The van der Waals surface area contributed by atoms with E-state index in [0.29, 0.717) is 12.8 Å². The van der Waals surface area contributed by atoms with Crippen molar-refractivity contribution < 1.29 is 30.0 Å². The Hall–Kier alpha value is -1.14. The zero-order valence-electron chi connectivity index (χ0n) is 11.9. The molecule has 0 amide bonds. The number of carboxylic acid groups (broad SMARTS) is 2. The van der Waals surface area contributed by atoms with Crippen molar-refractivity contribution in [3.63, 3.8) is 0 Å². The van der Waals surface area contributed by atoms with E-state index in [1.54, 1.807) is 0 Å². The summed E-state index contributed by atoms with van der Waals surface area (Å²) in [7, 11) is 0. The molecule has 0 bridgehead atoms. The lowest BCUT2D eigenvalue weighted by molar-refractivity contribution is -0.139. The van der Waals surface area contributed by atoms with Crippen LogP contribution in [0.15, 0.2) is 0 Å². The van der Waals surface area contributed by atoms with Gasteiger partial charge < -0.3 is 20.4 Å². The largest absolute Gasteiger partial charge is 0.481 e. The van der Waals surface area contributed by atoms with Crippen molar-refractivity contribution >= 4 is 11.9 Å². The van der Waals surface area contributed by atoms with Crippen LogP contribution in [0, 0.1) is 5.41 Å². The Morgan fingerprint density at radius 3 is 1.45 bits per heavy atom. The number of unbranched alkanes of at least 4 members (excludes halogenated alkanes) is 1. The van der Waals surface area contributed by atoms with Crippen LogP contribution < -0.4 is 0 Å². The van der Waals surface area contributed by atoms with Crippen LogP contribution in [0.3, 0.4) is 0 Å². The smallest absolute Gasteiger partial charge is 0.303 e. The highest BCUT2D eigenvalue weighted by molar-refractivity contribution is 5.67. The first-order valence-corrected chi connectivity index (χ1v) is 7.11. The minimum Gasteiger partial charge on any atom is -0.481 e. The number of carboxylic acids is 2. The molecule has 20 heavy (non-hydrogen) atoms. The molecule has 0 radical (unpaired) electrons. The third-order valence-corrected chi connectivity index (χ3v) is 3.62. The van der Waals surface area contributed by atoms with Crippen molar-refractivity contribution in [1.29, 1.82) is 0 Å². The third-order valence-electron chi connectivity index (χ3n) is 3.62. The monoisotopic (exact) mass is 290 g/mol. The molecule has 1 saturated carbocycles.